The van der Waals surface area contributed by atoms with Gasteiger partial charge in [0.05, 0.1) is 13.2 Å². The molecule has 0 aromatic heterocycles. The lowest BCUT2D eigenvalue weighted by Crippen LogP contribution is -2.27. The quantitative estimate of drug-likeness (QED) is 0.122. The Morgan fingerprint density at radius 2 is 1.03 bits per heavy atom. The molecule has 0 aromatic carbocycles. The van der Waals surface area contributed by atoms with Gasteiger partial charge in [0.1, 0.15) is 24.4 Å². The van der Waals surface area contributed by atoms with E-state index >= 15 is 0 Å². The molecule has 2 fully saturated rings. The predicted octanol–water partition coefficient (Wildman–Crippen LogP) is 7.15. The number of hydrogen-bond donors (Lipinski definition) is 0. The highest BCUT2D eigenvalue weighted by Gasteiger charge is 2.38. The van der Waals surface area contributed by atoms with Gasteiger partial charge >= 0.3 is 0 Å². The molecular weight excluding hydrogens is 360 g/mol. The van der Waals surface area contributed by atoms with Crippen LogP contribution in [0.2, 0.25) is 0 Å². The molecule has 0 spiro atoms. The van der Waals surface area contributed by atoms with Crippen molar-refractivity contribution in [1.82, 2.24) is 0 Å². The Balaban J connectivity index is 1.63. The van der Waals surface area contributed by atoms with Crippen molar-refractivity contribution in [3.05, 3.63) is 24.3 Å². The molecule has 3 heteroatoms. The second-order valence-corrected chi connectivity index (χ2v) is 8.78. The first-order valence-corrected chi connectivity index (χ1v) is 12.6. The van der Waals surface area contributed by atoms with E-state index in [1.807, 2.05) is 0 Å². The van der Waals surface area contributed by atoms with Gasteiger partial charge in [0.15, 0.2) is 0 Å². The molecular formula is C26H46O3. The van der Waals surface area contributed by atoms with E-state index in [0.29, 0.717) is 0 Å². The number of unbranched alkanes of at least 4 members (excludes halogenated alkanes) is 12. The van der Waals surface area contributed by atoms with Crippen molar-refractivity contribution in [2.75, 3.05) is 13.2 Å². The van der Waals surface area contributed by atoms with Crippen LogP contribution in [0.1, 0.15) is 104 Å². The summed E-state index contributed by atoms with van der Waals surface area (Å²) in [5.41, 5.74) is 0. The third-order valence-electron chi connectivity index (χ3n) is 5.87. The summed E-state index contributed by atoms with van der Waals surface area (Å²) in [7, 11) is 0. The van der Waals surface area contributed by atoms with E-state index in [1.54, 1.807) is 0 Å². The van der Waals surface area contributed by atoms with Gasteiger partial charge in [-0.25, -0.2) is 0 Å². The second kappa shape index (κ2) is 16.1. The van der Waals surface area contributed by atoms with Crippen molar-refractivity contribution in [2.24, 2.45) is 0 Å². The first-order chi connectivity index (χ1) is 14.3. The Kier molecular flexibility index (Phi) is 13.7. The standard InChI is InChI=1S/C26H46O3/c1-3-5-7-9-11-13-15-17-19-23(25-21-27-25)29-24(26-22-28-26)20-18-16-14-12-10-8-6-4-2/h17-20,23-26H,3-16,21-22H2,1-2H3/b19-17+,20-18+. The molecule has 29 heavy (non-hydrogen) atoms. The van der Waals surface area contributed by atoms with E-state index in [1.165, 1.54) is 77.0 Å². The summed E-state index contributed by atoms with van der Waals surface area (Å²) in [6.07, 6.45) is 28.2. The molecule has 0 bridgehead atoms. The topological polar surface area (TPSA) is 34.3 Å². The number of epoxide rings is 2. The molecule has 0 saturated carbocycles. The highest BCUT2D eigenvalue weighted by molar-refractivity contribution is 5.03. The Bertz CT molecular complexity index is 397. The minimum absolute atomic E-state index is 0.0722. The van der Waals surface area contributed by atoms with Gasteiger partial charge in [-0.3, -0.25) is 0 Å². The van der Waals surface area contributed by atoms with Gasteiger partial charge in [0, 0.05) is 0 Å². The van der Waals surface area contributed by atoms with Crippen LogP contribution in [0, 0.1) is 0 Å². The molecule has 0 aliphatic carbocycles. The van der Waals surface area contributed by atoms with Crippen molar-refractivity contribution < 1.29 is 14.2 Å². The number of hydrogen-bond acceptors (Lipinski definition) is 3. The van der Waals surface area contributed by atoms with Crippen molar-refractivity contribution in [1.29, 1.82) is 0 Å². The highest BCUT2D eigenvalue weighted by atomic mass is 16.6. The molecule has 2 aliphatic heterocycles. The van der Waals surface area contributed by atoms with Crippen LogP contribution in [-0.4, -0.2) is 37.6 Å². The number of allylic oxidation sites excluding steroid dienone is 2. The van der Waals surface area contributed by atoms with Crippen LogP contribution >= 0.6 is 0 Å². The van der Waals surface area contributed by atoms with Gasteiger partial charge in [0.25, 0.3) is 0 Å². The van der Waals surface area contributed by atoms with Crippen LogP contribution in [-0.2, 0) is 14.2 Å². The van der Waals surface area contributed by atoms with E-state index in [0.717, 1.165) is 26.1 Å². The van der Waals surface area contributed by atoms with Gasteiger partial charge in [-0.15, -0.1) is 0 Å². The summed E-state index contributed by atoms with van der Waals surface area (Å²) in [6, 6.07) is 0. The van der Waals surface area contributed by atoms with Crippen LogP contribution < -0.4 is 0 Å². The average Bonchev–Trinajstić information content (AvgIpc) is 3.62. The van der Waals surface area contributed by atoms with Crippen LogP contribution in [0.3, 0.4) is 0 Å². The zero-order valence-corrected chi connectivity index (χ0v) is 19.2. The fourth-order valence-corrected chi connectivity index (χ4v) is 3.73. The molecule has 2 aliphatic rings. The Hall–Kier alpha value is -0.640. The summed E-state index contributed by atoms with van der Waals surface area (Å²) >= 11 is 0. The van der Waals surface area contributed by atoms with E-state index in [-0.39, 0.29) is 24.4 Å². The maximum atomic E-state index is 6.39. The third kappa shape index (κ3) is 12.6. The molecule has 2 rings (SSSR count). The Morgan fingerprint density at radius 1 is 0.655 bits per heavy atom. The molecule has 2 saturated heterocycles. The predicted molar refractivity (Wildman–Crippen MR) is 122 cm³/mol. The van der Waals surface area contributed by atoms with Gasteiger partial charge in [-0.2, -0.15) is 0 Å². The summed E-state index contributed by atoms with van der Waals surface area (Å²) in [5, 5.41) is 0. The van der Waals surface area contributed by atoms with Gasteiger partial charge in [0.2, 0.25) is 0 Å². The first-order valence-electron chi connectivity index (χ1n) is 12.6. The fourth-order valence-electron chi connectivity index (χ4n) is 3.73. The summed E-state index contributed by atoms with van der Waals surface area (Å²) in [6.45, 7) is 6.19. The molecule has 3 nitrogen and oxygen atoms in total. The molecule has 4 atom stereocenters. The smallest absolute Gasteiger partial charge is 0.111 e. The van der Waals surface area contributed by atoms with Crippen LogP contribution in [0.5, 0.6) is 0 Å². The van der Waals surface area contributed by atoms with Gasteiger partial charge in [-0.1, -0.05) is 102 Å². The highest BCUT2D eigenvalue weighted by Crippen LogP contribution is 2.26. The Morgan fingerprint density at radius 3 is 1.41 bits per heavy atom. The second-order valence-electron chi connectivity index (χ2n) is 8.78. The van der Waals surface area contributed by atoms with Crippen LogP contribution in [0.4, 0.5) is 0 Å². The maximum absolute atomic E-state index is 6.39. The molecule has 0 amide bonds. The molecule has 0 radical (unpaired) electrons. The number of rotatable bonds is 20. The van der Waals surface area contributed by atoms with E-state index < -0.39 is 0 Å². The van der Waals surface area contributed by atoms with E-state index in [4.69, 9.17) is 14.2 Å². The van der Waals surface area contributed by atoms with E-state index in [2.05, 4.69) is 38.2 Å². The lowest BCUT2D eigenvalue weighted by Gasteiger charge is -2.18. The normalized spacial score (nSPS) is 23.1. The monoisotopic (exact) mass is 406 g/mol. The lowest BCUT2D eigenvalue weighted by atomic mass is 10.1. The number of ether oxygens (including phenoxy) is 3. The fraction of sp³-hybridized carbons (Fsp3) is 0.846. The van der Waals surface area contributed by atoms with Gasteiger partial charge in [-0.05, 0) is 25.7 Å². The van der Waals surface area contributed by atoms with Gasteiger partial charge < -0.3 is 14.2 Å². The minimum atomic E-state index is 0.0722. The minimum Gasteiger partial charge on any atom is -0.370 e. The van der Waals surface area contributed by atoms with Crippen LogP contribution in [0.15, 0.2) is 24.3 Å². The molecule has 4 unspecified atom stereocenters. The average molecular weight is 407 g/mol. The van der Waals surface area contributed by atoms with Crippen LogP contribution in [0.25, 0.3) is 0 Å². The third-order valence-corrected chi connectivity index (χ3v) is 5.87. The lowest BCUT2D eigenvalue weighted by molar-refractivity contribution is 0.0113. The van der Waals surface area contributed by atoms with Crippen molar-refractivity contribution in [2.45, 2.75) is 128 Å². The summed E-state index contributed by atoms with van der Waals surface area (Å²) in [5.74, 6) is 0. The largest absolute Gasteiger partial charge is 0.370 e. The Labute approximate surface area is 180 Å². The zero-order valence-electron chi connectivity index (χ0n) is 19.2. The molecule has 168 valence electrons. The summed E-state index contributed by atoms with van der Waals surface area (Å²) in [4.78, 5) is 0. The zero-order chi connectivity index (χ0) is 20.6. The van der Waals surface area contributed by atoms with E-state index in [9.17, 15) is 0 Å². The summed E-state index contributed by atoms with van der Waals surface area (Å²) < 4.78 is 17.5. The molecule has 0 N–H and O–H groups in total. The van der Waals surface area contributed by atoms with Crippen molar-refractivity contribution >= 4 is 0 Å². The maximum Gasteiger partial charge on any atom is 0.111 e. The first kappa shape index (κ1) is 24.6. The SMILES string of the molecule is CCCCCCCC/C=C/C(OC(/C=C/CCCCCCCC)C1CO1)C1CO1. The molecule has 2 heterocycles. The molecule has 0 aromatic rings. The van der Waals surface area contributed by atoms with Crippen molar-refractivity contribution in [3.8, 4) is 0 Å². The van der Waals surface area contributed by atoms with Crippen molar-refractivity contribution in [3.63, 3.8) is 0 Å².